The third-order valence-electron chi connectivity index (χ3n) is 4.29. The fraction of sp³-hybridized carbons (Fsp3) is 0.625. The van der Waals surface area contributed by atoms with Crippen molar-refractivity contribution in [1.29, 1.82) is 0 Å². The first kappa shape index (κ1) is 15.8. The molecule has 0 atom stereocenters. The summed E-state index contributed by atoms with van der Waals surface area (Å²) in [6.45, 7) is 8.56. The van der Waals surface area contributed by atoms with Crippen LogP contribution in [0.15, 0.2) is 18.2 Å². The highest BCUT2D eigenvalue weighted by Gasteiger charge is 2.21. The van der Waals surface area contributed by atoms with E-state index < -0.39 is 0 Å². The van der Waals surface area contributed by atoms with Crippen LogP contribution < -0.4 is 5.32 Å². The molecule has 0 spiro atoms. The molecule has 1 aromatic rings. The molecule has 0 radical (unpaired) electrons. The first-order valence-electron chi connectivity index (χ1n) is 7.79. The maximum Gasteiger partial charge on any atom is 0.274 e. The van der Waals surface area contributed by atoms with Gasteiger partial charge in [-0.3, -0.25) is 10.1 Å². The minimum atomic E-state index is -0.286. The molecular formula is C16H25N3O2. The van der Waals surface area contributed by atoms with Gasteiger partial charge in [0.05, 0.1) is 4.92 Å². The van der Waals surface area contributed by atoms with E-state index in [0.717, 1.165) is 37.2 Å². The number of nitro benzene ring substituents is 1. The Balaban J connectivity index is 2.01. The van der Waals surface area contributed by atoms with E-state index in [9.17, 15) is 10.1 Å². The molecule has 5 nitrogen and oxygen atoms in total. The lowest BCUT2D eigenvalue weighted by atomic mass is 10.0. The molecule has 1 heterocycles. The van der Waals surface area contributed by atoms with Crippen molar-refractivity contribution in [3.8, 4) is 0 Å². The van der Waals surface area contributed by atoms with Gasteiger partial charge in [0.15, 0.2) is 0 Å². The third-order valence-corrected chi connectivity index (χ3v) is 4.29. The second-order valence-electron chi connectivity index (χ2n) is 6.00. The van der Waals surface area contributed by atoms with Gasteiger partial charge in [-0.2, -0.15) is 0 Å². The quantitative estimate of drug-likeness (QED) is 0.667. The van der Waals surface area contributed by atoms with Gasteiger partial charge in [-0.25, -0.2) is 0 Å². The third kappa shape index (κ3) is 3.94. The Morgan fingerprint density at radius 3 is 2.57 bits per heavy atom. The SMILES string of the molecule is CCc1ccc(NC2CCN(C(C)C)CC2)cc1[N+](=O)[O-]. The summed E-state index contributed by atoms with van der Waals surface area (Å²) in [7, 11) is 0. The zero-order valence-corrected chi connectivity index (χ0v) is 13.1. The van der Waals surface area contributed by atoms with Crippen molar-refractivity contribution in [3.05, 3.63) is 33.9 Å². The number of nitrogens with one attached hydrogen (secondary N) is 1. The van der Waals surface area contributed by atoms with Crippen LogP contribution >= 0.6 is 0 Å². The zero-order valence-electron chi connectivity index (χ0n) is 13.1. The molecule has 0 bridgehead atoms. The number of piperidine rings is 1. The highest BCUT2D eigenvalue weighted by atomic mass is 16.6. The molecule has 1 N–H and O–H groups in total. The fourth-order valence-electron chi connectivity index (χ4n) is 2.92. The summed E-state index contributed by atoms with van der Waals surface area (Å²) < 4.78 is 0. The largest absolute Gasteiger partial charge is 0.382 e. The lowest BCUT2D eigenvalue weighted by molar-refractivity contribution is -0.385. The molecule has 0 aliphatic carbocycles. The van der Waals surface area contributed by atoms with E-state index in [-0.39, 0.29) is 10.6 Å². The maximum absolute atomic E-state index is 11.1. The molecule has 1 aliphatic heterocycles. The molecule has 0 unspecified atom stereocenters. The van der Waals surface area contributed by atoms with Gasteiger partial charge in [0, 0.05) is 42.5 Å². The average Bonchev–Trinajstić information content (AvgIpc) is 2.47. The lowest BCUT2D eigenvalue weighted by Gasteiger charge is -2.35. The summed E-state index contributed by atoms with van der Waals surface area (Å²) in [5, 5.41) is 14.6. The molecule has 1 aliphatic rings. The molecule has 1 saturated heterocycles. The molecule has 0 amide bonds. The molecule has 0 aromatic heterocycles. The number of nitrogens with zero attached hydrogens (tertiary/aromatic N) is 2. The van der Waals surface area contributed by atoms with Gasteiger partial charge in [0.1, 0.15) is 0 Å². The van der Waals surface area contributed by atoms with Crippen molar-refractivity contribution in [2.24, 2.45) is 0 Å². The number of benzene rings is 1. The highest BCUT2D eigenvalue weighted by Crippen LogP contribution is 2.25. The van der Waals surface area contributed by atoms with E-state index in [1.807, 2.05) is 19.1 Å². The van der Waals surface area contributed by atoms with Crippen molar-refractivity contribution in [1.82, 2.24) is 4.90 Å². The van der Waals surface area contributed by atoms with Gasteiger partial charge in [0.25, 0.3) is 5.69 Å². The number of anilines is 1. The van der Waals surface area contributed by atoms with Crippen LogP contribution in [0, 0.1) is 10.1 Å². The Hall–Kier alpha value is -1.62. The second-order valence-corrected chi connectivity index (χ2v) is 6.00. The Morgan fingerprint density at radius 1 is 1.38 bits per heavy atom. The predicted molar refractivity (Wildman–Crippen MR) is 85.8 cm³/mol. The van der Waals surface area contributed by atoms with Crippen molar-refractivity contribution in [2.75, 3.05) is 18.4 Å². The van der Waals surface area contributed by atoms with Crippen molar-refractivity contribution in [2.45, 2.75) is 52.1 Å². The van der Waals surface area contributed by atoms with Crippen molar-refractivity contribution >= 4 is 11.4 Å². The summed E-state index contributed by atoms with van der Waals surface area (Å²) in [5.74, 6) is 0. The standard InChI is InChI=1S/C16H25N3O2/c1-4-13-5-6-15(11-16(13)19(20)21)17-14-7-9-18(10-8-14)12(2)3/h5-6,11-12,14,17H,4,7-10H2,1-3H3. The van der Waals surface area contributed by atoms with Crippen molar-refractivity contribution in [3.63, 3.8) is 0 Å². The maximum atomic E-state index is 11.1. The summed E-state index contributed by atoms with van der Waals surface area (Å²) >= 11 is 0. The summed E-state index contributed by atoms with van der Waals surface area (Å²) in [4.78, 5) is 13.3. The number of aryl methyl sites for hydroxylation is 1. The van der Waals surface area contributed by atoms with E-state index in [1.54, 1.807) is 6.07 Å². The molecule has 0 saturated carbocycles. The van der Waals surface area contributed by atoms with Crippen LogP contribution in [0.4, 0.5) is 11.4 Å². The van der Waals surface area contributed by atoms with Gasteiger partial charge >= 0.3 is 0 Å². The first-order valence-corrected chi connectivity index (χ1v) is 7.79. The first-order chi connectivity index (χ1) is 10.0. The molecule has 21 heavy (non-hydrogen) atoms. The zero-order chi connectivity index (χ0) is 15.4. The van der Waals surface area contributed by atoms with Crippen LogP contribution in [0.1, 0.15) is 39.2 Å². The van der Waals surface area contributed by atoms with Gasteiger partial charge in [-0.1, -0.05) is 13.0 Å². The molecule has 1 aromatic carbocycles. The van der Waals surface area contributed by atoms with E-state index in [2.05, 4.69) is 24.1 Å². The Kier molecular flexibility index (Phi) is 5.17. The van der Waals surface area contributed by atoms with E-state index in [1.165, 1.54) is 0 Å². The average molecular weight is 291 g/mol. The molecular weight excluding hydrogens is 266 g/mol. The smallest absolute Gasteiger partial charge is 0.274 e. The van der Waals surface area contributed by atoms with Gasteiger partial charge in [-0.05, 0) is 39.2 Å². The Labute approximate surface area is 126 Å². The second kappa shape index (κ2) is 6.89. The lowest BCUT2D eigenvalue weighted by Crippen LogP contribution is -2.42. The van der Waals surface area contributed by atoms with Crippen LogP contribution in [0.2, 0.25) is 0 Å². The van der Waals surface area contributed by atoms with Crippen LogP contribution in [0.25, 0.3) is 0 Å². The van der Waals surface area contributed by atoms with E-state index >= 15 is 0 Å². The number of hydrogen-bond donors (Lipinski definition) is 1. The summed E-state index contributed by atoms with van der Waals surface area (Å²) in [5.41, 5.74) is 1.88. The molecule has 5 heteroatoms. The topological polar surface area (TPSA) is 58.4 Å². The monoisotopic (exact) mass is 291 g/mol. The van der Waals surface area contributed by atoms with E-state index in [4.69, 9.17) is 0 Å². The summed E-state index contributed by atoms with van der Waals surface area (Å²) in [6.07, 6.45) is 2.85. The number of nitro groups is 1. The number of likely N-dealkylation sites (tertiary alicyclic amines) is 1. The molecule has 2 rings (SSSR count). The van der Waals surface area contributed by atoms with Crippen LogP contribution in [0.5, 0.6) is 0 Å². The molecule has 1 fully saturated rings. The normalized spacial score (nSPS) is 17.1. The molecule has 116 valence electrons. The van der Waals surface area contributed by atoms with Gasteiger partial charge in [-0.15, -0.1) is 0 Å². The van der Waals surface area contributed by atoms with Crippen LogP contribution in [0.3, 0.4) is 0 Å². The Morgan fingerprint density at radius 2 is 2.05 bits per heavy atom. The van der Waals surface area contributed by atoms with Crippen LogP contribution in [-0.4, -0.2) is 35.0 Å². The highest BCUT2D eigenvalue weighted by molar-refractivity contribution is 5.55. The predicted octanol–water partition coefficient (Wildman–Crippen LogP) is 3.44. The fourth-order valence-corrected chi connectivity index (χ4v) is 2.92. The van der Waals surface area contributed by atoms with Crippen molar-refractivity contribution < 1.29 is 4.92 Å². The van der Waals surface area contributed by atoms with Crippen LogP contribution in [-0.2, 0) is 6.42 Å². The van der Waals surface area contributed by atoms with E-state index in [0.29, 0.717) is 18.5 Å². The number of rotatable bonds is 5. The Bertz CT molecular complexity index is 494. The minimum Gasteiger partial charge on any atom is -0.382 e. The van der Waals surface area contributed by atoms with Gasteiger partial charge in [0.2, 0.25) is 0 Å². The summed E-state index contributed by atoms with van der Waals surface area (Å²) in [6, 6.07) is 6.50. The number of hydrogen-bond acceptors (Lipinski definition) is 4. The minimum absolute atomic E-state index is 0.224. The van der Waals surface area contributed by atoms with Gasteiger partial charge < -0.3 is 10.2 Å².